The molecule has 0 bridgehead atoms. The van der Waals surface area contributed by atoms with Crippen LogP contribution >= 0.6 is 23.2 Å². The lowest BCUT2D eigenvalue weighted by molar-refractivity contribution is -0.274. The molecule has 0 amide bonds. The Morgan fingerprint density at radius 2 is 1.45 bits per heavy atom. The number of benzene rings is 3. The third-order valence-electron chi connectivity index (χ3n) is 6.00. The first kappa shape index (κ1) is 32.2. The number of hydrogen-bond donors (Lipinski definition) is 1. The standard InChI is InChI=1S/C22H14Cl2F4N2O2.C7H3F2N/c1-12(21(31,22(26,27)28)14-6-7-30-20(24)9-14)16-4-3-15(10-17(16)23)32-19-5-2-13(11-29)8-18(19)25;8-6-2-1-5(4-10)3-7(6)9/h2-10,12,31H,1H3;1-3H. The van der Waals surface area contributed by atoms with Gasteiger partial charge in [0.1, 0.15) is 10.9 Å². The van der Waals surface area contributed by atoms with E-state index in [1.807, 2.05) is 0 Å². The molecule has 0 spiro atoms. The topological polar surface area (TPSA) is 89.9 Å². The van der Waals surface area contributed by atoms with Crippen molar-refractivity contribution < 1.29 is 36.2 Å². The van der Waals surface area contributed by atoms with Gasteiger partial charge in [0.15, 0.2) is 28.8 Å². The molecule has 0 aliphatic carbocycles. The first-order valence-corrected chi connectivity index (χ1v) is 12.4. The highest BCUT2D eigenvalue weighted by Gasteiger charge is 2.59. The summed E-state index contributed by atoms with van der Waals surface area (Å²) < 4.78 is 85.9. The summed E-state index contributed by atoms with van der Waals surface area (Å²) in [6, 6.07) is 15.8. The van der Waals surface area contributed by atoms with Crippen LogP contribution in [0.5, 0.6) is 11.5 Å². The molecule has 2 atom stereocenters. The second kappa shape index (κ2) is 13.1. The van der Waals surface area contributed by atoms with Crippen LogP contribution in [-0.4, -0.2) is 16.3 Å². The highest BCUT2D eigenvalue weighted by Crippen LogP contribution is 2.50. The Bertz CT molecular complexity index is 1690. The minimum atomic E-state index is -5.07. The highest BCUT2D eigenvalue weighted by atomic mass is 35.5. The molecular formula is C29H17Cl2F6N3O2. The van der Waals surface area contributed by atoms with Crippen molar-refractivity contribution in [1.82, 2.24) is 4.98 Å². The molecule has 0 aliphatic heterocycles. The second-order valence-electron chi connectivity index (χ2n) is 8.64. The van der Waals surface area contributed by atoms with E-state index in [0.717, 1.165) is 36.5 Å². The minimum Gasteiger partial charge on any atom is -0.454 e. The number of pyridine rings is 1. The fourth-order valence-corrected chi connectivity index (χ4v) is 4.30. The van der Waals surface area contributed by atoms with E-state index in [0.29, 0.717) is 0 Å². The van der Waals surface area contributed by atoms with Crippen LogP contribution in [0, 0.1) is 40.1 Å². The maximum atomic E-state index is 14.1. The Morgan fingerprint density at radius 1 is 0.833 bits per heavy atom. The van der Waals surface area contributed by atoms with E-state index < -0.39 is 40.7 Å². The van der Waals surface area contributed by atoms with Crippen molar-refractivity contribution in [2.24, 2.45) is 0 Å². The van der Waals surface area contributed by atoms with Gasteiger partial charge in [0.2, 0.25) is 0 Å². The summed E-state index contributed by atoms with van der Waals surface area (Å²) in [5.41, 5.74) is -3.61. The van der Waals surface area contributed by atoms with Crippen molar-refractivity contribution in [3.05, 3.63) is 123 Å². The van der Waals surface area contributed by atoms with Gasteiger partial charge in [-0.25, -0.2) is 18.2 Å². The van der Waals surface area contributed by atoms with Gasteiger partial charge in [0, 0.05) is 17.1 Å². The second-order valence-corrected chi connectivity index (χ2v) is 9.43. The molecule has 1 heterocycles. The third-order valence-corrected chi connectivity index (χ3v) is 6.54. The number of nitrogens with zero attached hydrogens (tertiary/aromatic N) is 3. The molecule has 1 aromatic heterocycles. The largest absolute Gasteiger partial charge is 0.454 e. The summed E-state index contributed by atoms with van der Waals surface area (Å²) in [5, 5.41) is 27.5. The number of rotatable bonds is 5. The van der Waals surface area contributed by atoms with E-state index in [2.05, 4.69) is 4.98 Å². The monoisotopic (exact) mass is 623 g/mol. The van der Waals surface area contributed by atoms with Crippen molar-refractivity contribution in [1.29, 1.82) is 10.5 Å². The van der Waals surface area contributed by atoms with Crippen LogP contribution < -0.4 is 4.74 Å². The van der Waals surface area contributed by atoms with Gasteiger partial charge in [-0.05, 0) is 71.8 Å². The van der Waals surface area contributed by atoms with Gasteiger partial charge in [-0.2, -0.15) is 23.7 Å². The number of aromatic nitrogens is 1. The Balaban J connectivity index is 0.000000408. The van der Waals surface area contributed by atoms with Crippen molar-refractivity contribution in [3.8, 4) is 23.6 Å². The van der Waals surface area contributed by atoms with Crippen LogP contribution in [0.3, 0.4) is 0 Å². The van der Waals surface area contributed by atoms with Crippen molar-refractivity contribution in [2.45, 2.75) is 24.6 Å². The molecule has 4 aromatic rings. The molecule has 2 unspecified atom stereocenters. The lowest BCUT2D eigenvalue weighted by Crippen LogP contribution is -2.46. The van der Waals surface area contributed by atoms with Gasteiger partial charge in [0.05, 0.1) is 23.3 Å². The van der Waals surface area contributed by atoms with E-state index in [9.17, 15) is 31.4 Å². The minimum absolute atomic E-state index is 0.0212. The summed E-state index contributed by atoms with van der Waals surface area (Å²) in [7, 11) is 0. The van der Waals surface area contributed by atoms with Gasteiger partial charge in [-0.15, -0.1) is 0 Å². The van der Waals surface area contributed by atoms with Gasteiger partial charge in [-0.3, -0.25) is 0 Å². The predicted octanol–water partition coefficient (Wildman–Crippen LogP) is 8.58. The fraction of sp³-hybridized carbons (Fsp3) is 0.138. The van der Waals surface area contributed by atoms with E-state index in [1.165, 1.54) is 43.3 Å². The van der Waals surface area contributed by atoms with Gasteiger partial charge in [-0.1, -0.05) is 36.2 Å². The number of nitriles is 2. The van der Waals surface area contributed by atoms with E-state index in [1.54, 1.807) is 12.1 Å². The number of hydrogen-bond acceptors (Lipinski definition) is 5. The Hall–Kier alpha value is -4.29. The van der Waals surface area contributed by atoms with E-state index >= 15 is 0 Å². The Kier molecular flexibility index (Phi) is 10.1. The molecule has 1 N–H and O–H groups in total. The summed E-state index contributed by atoms with van der Waals surface area (Å²) in [5.74, 6) is -4.40. The zero-order valence-electron chi connectivity index (χ0n) is 21.2. The highest BCUT2D eigenvalue weighted by molar-refractivity contribution is 6.31. The molecule has 216 valence electrons. The van der Waals surface area contributed by atoms with Crippen LogP contribution in [0.4, 0.5) is 26.3 Å². The molecule has 13 heteroatoms. The maximum Gasteiger partial charge on any atom is 0.422 e. The molecule has 0 aliphatic rings. The molecule has 42 heavy (non-hydrogen) atoms. The van der Waals surface area contributed by atoms with Crippen molar-refractivity contribution in [3.63, 3.8) is 0 Å². The van der Waals surface area contributed by atoms with Crippen LogP contribution in [0.1, 0.15) is 35.1 Å². The van der Waals surface area contributed by atoms with Crippen LogP contribution in [-0.2, 0) is 5.60 Å². The number of ether oxygens (including phenoxy) is 1. The quantitative estimate of drug-likeness (QED) is 0.178. The molecule has 0 saturated heterocycles. The SMILES string of the molecule is CC(c1ccc(Oc2ccc(C#N)cc2F)cc1Cl)C(O)(c1ccnc(Cl)c1)C(F)(F)F.N#Cc1ccc(F)c(F)c1. The van der Waals surface area contributed by atoms with Crippen LogP contribution in [0.2, 0.25) is 10.2 Å². The predicted molar refractivity (Wildman–Crippen MR) is 141 cm³/mol. The summed E-state index contributed by atoms with van der Waals surface area (Å²) in [6.07, 6.45) is -4.01. The van der Waals surface area contributed by atoms with E-state index in [-0.39, 0.29) is 38.4 Å². The molecule has 4 rings (SSSR count). The lowest BCUT2D eigenvalue weighted by Gasteiger charge is -2.37. The fourth-order valence-electron chi connectivity index (χ4n) is 3.79. The Morgan fingerprint density at radius 3 is 1.98 bits per heavy atom. The van der Waals surface area contributed by atoms with Gasteiger partial charge in [0.25, 0.3) is 0 Å². The molecule has 0 fully saturated rings. The lowest BCUT2D eigenvalue weighted by atomic mass is 9.78. The van der Waals surface area contributed by atoms with Crippen LogP contribution in [0.25, 0.3) is 0 Å². The zero-order valence-corrected chi connectivity index (χ0v) is 22.7. The summed E-state index contributed by atoms with van der Waals surface area (Å²) in [4.78, 5) is 3.65. The first-order valence-electron chi connectivity index (χ1n) is 11.6. The smallest absolute Gasteiger partial charge is 0.422 e. The molecule has 0 saturated carbocycles. The third kappa shape index (κ3) is 7.12. The Labute approximate surface area is 245 Å². The number of aliphatic hydroxyl groups is 1. The van der Waals surface area contributed by atoms with Crippen molar-refractivity contribution >= 4 is 23.2 Å². The molecule has 5 nitrogen and oxygen atoms in total. The molecular weight excluding hydrogens is 607 g/mol. The molecule has 3 aromatic carbocycles. The first-order chi connectivity index (χ1) is 19.7. The normalized spacial score (nSPS) is 13.0. The zero-order chi connectivity index (χ0) is 31.2. The number of alkyl halides is 3. The van der Waals surface area contributed by atoms with Crippen LogP contribution in [0.15, 0.2) is 72.9 Å². The van der Waals surface area contributed by atoms with E-state index in [4.69, 9.17) is 38.5 Å². The van der Waals surface area contributed by atoms with Crippen molar-refractivity contribution in [2.75, 3.05) is 0 Å². The average molecular weight is 624 g/mol. The molecule has 0 radical (unpaired) electrons. The number of halogens is 8. The maximum absolute atomic E-state index is 14.1. The summed E-state index contributed by atoms with van der Waals surface area (Å²) in [6.45, 7) is 1.17. The average Bonchev–Trinajstić information content (AvgIpc) is 2.94. The van der Waals surface area contributed by atoms with Gasteiger partial charge < -0.3 is 9.84 Å². The summed E-state index contributed by atoms with van der Waals surface area (Å²) >= 11 is 12.0. The van der Waals surface area contributed by atoms with Gasteiger partial charge >= 0.3 is 6.18 Å².